The third kappa shape index (κ3) is 2.12. The van der Waals surface area contributed by atoms with E-state index in [1.807, 2.05) is 30.3 Å². The Morgan fingerprint density at radius 1 is 0.650 bits per heavy atom. The van der Waals surface area contributed by atoms with Crippen molar-refractivity contribution in [1.82, 2.24) is 0 Å². The molecule has 4 rings (SSSR count). The second-order valence-corrected chi connectivity index (χ2v) is 4.60. The Morgan fingerprint density at radius 2 is 1.25 bits per heavy atom. The van der Waals surface area contributed by atoms with Gasteiger partial charge in [0.15, 0.2) is 11.5 Å². The van der Waals surface area contributed by atoms with E-state index in [0.29, 0.717) is 5.39 Å². The van der Waals surface area contributed by atoms with Crippen LogP contribution in [0.2, 0.25) is 0 Å². The molecule has 0 fully saturated rings. The van der Waals surface area contributed by atoms with E-state index >= 15 is 0 Å². The fourth-order valence-corrected chi connectivity index (χ4v) is 2.78. The molecule has 0 saturated carbocycles. The predicted octanol–water partition coefficient (Wildman–Crippen LogP) is 2.70. The molecule has 4 aromatic rings. The Kier molecular flexibility index (Phi) is 4.55. The first-order chi connectivity index (χ1) is 8.75. The van der Waals surface area contributed by atoms with Crippen LogP contribution in [0.3, 0.4) is 0 Å². The molecule has 0 unspecified atom stereocenters. The van der Waals surface area contributed by atoms with Crippen molar-refractivity contribution in [1.29, 1.82) is 0 Å². The van der Waals surface area contributed by atoms with E-state index in [0.717, 1.165) is 26.9 Å². The summed E-state index contributed by atoms with van der Waals surface area (Å²) in [7, 11) is 0. The van der Waals surface area contributed by atoms with Crippen molar-refractivity contribution in [2.75, 3.05) is 0 Å². The molecule has 0 aliphatic heterocycles. The minimum atomic E-state index is -0.0686. The summed E-state index contributed by atoms with van der Waals surface area (Å²) in [6.07, 6.45) is 0. The van der Waals surface area contributed by atoms with Gasteiger partial charge in [0.1, 0.15) is 0 Å². The Bertz CT molecular complexity index is 887. The third-order valence-corrected chi connectivity index (χ3v) is 3.60. The van der Waals surface area contributed by atoms with Gasteiger partial charge in [-0.3, -0.25) is 0 Å². The number of hydrogen-bond acceptors (Lipinski definition) is 2. The summed E-state index contributed by atoms with van der Waals surface area (Å²) in [6, 6.07) is 15.6. The molecule has 20 heavy (non-hydrogen) atoms. The molecule has 2 N–H and O–H groups in total. The molecule has 0 amide bonds. The van der Waals surface area contributed by atoms with E-state index in [1.54, 1.807) is 6.07 Å². The van der Waals surface area contributed by atoms with Gasteiger partial charge in [-0.1, -0.05) is 36.4 Å². The van der Waals surface area contributed by atoms with Crippen LogP contribution in [0.1, 0.15) is 0 Å². The SMILES string of the molecule is Oc1cc2ccc3cccc4ccc(c1O)c2c34.[NaH].[NaH]. The number of rotatable bonds is 0. The van der Waals surface area contributed by atoms with Crippen molar-refractivity contribution in [3.05, 3.63) is 48.5 Å². The third-order valence-electron chi connectivity index (χ3n) is 3.60. The molecule has 0 aliphatic carbocycles. The zero-order valence-electron chi connectivity index (χ0n) is 9.51. The maximum atomic E-state index is 9.98. The van der Waals surface area contributed by atoms with Gasteiger partial charge in [-0.15, -0.1) is 0 Å². The molecule has 4 heteroatoms. The first-order valence-corrected chi connectivity index (χ1v) is 5.84. The van der Waals surface area contributed by atoms with Crippen LogP contribution in [0.15, 0.2) is 48.5 Å². The van der Waals surface area contributed by atoms with Gasteiger partial charge in [0.25, 0.3) is 0 Å². The molecule has 0 heterocycles. The average molecular weight is 282 g/mol. The summed E-state index contributed by atoms with van der Waals surface area (Å²) in [5.74, 6) is -0.110. The molecule has 0 radical (unpaired) electrons. The number of aromatic hydroxyl groups is 2. The van der Waals surface area contributed by atoms with Gasteiger partial charge < -0.3 is 10.2 Å². The topological polar surface area (TPSA) is 40.5 Å². The number of benzene rings is 4. The predicted molar refractivity (Wildman–Crippen MR) is 87.8 cm³/mol. The van der Waals surface area contributed by atoms with Gasteiger partial charge in [-0.2, -0.15) is 0 Å². The summed E-state index contributed by atoms with van der Waals surface area (Å²) in [5.41, 5.74) is 0. The Morgan fingerprint density at radius 3 is 1.95 bits per heavy atom. The summed E-state index contributed by atoms with van der Waals surface area (Å²) in [4.78, 5) is 0. The van der Waals surface area contributed by atoms with E-state index in [-0.39, 0.29) is 70.6 Å². The van der Waals surface area contributed by atoms with Gasteiger partial charge in [-0.25, -0.2) is 0 Å². The Balaban J connectivity index is 0.000000735. The van der Waals surface area contributed by atoms with Crippen LogP contribution in [-0.2, 0) is 0 Å². The van der Waals surface area contributed by atoms with Crippen LogP contribution in [0.25, 0.3) is 32.3 Å². The van der Waals surface area contributed by atoms with Gasteiger partial charge in [0, 0.05) is 10.8 Å². The Hall–Kier alpha value is -0.480. The van der Waals surface area contributed by atoms with Crippen LogP contribution in [0, 0.1) is 0 Å². The van der Waals surface area contributed by atoms with E-state index in [1.165, 1.54) is 0 Å². The first-order valence-electron chi connectivity index (χ1n) is 5.84. The van der Waals surface area contributed by atoms with Crippen molar-refractivity contribution in [3.8, 4) is 11.5 Å². The number of hydrogen-bond donors (Lipinski definition) is 2. The van der Waals surface area contributed by atoms with Crippen molar-refractivity contribution in [3.63, 3.8) is 0 Å². The van der Waals surface area contributed by atoms with E-state index < -0.39 is 0 Å². The maximum absolute atomic E-state index is 9.98. The summed E-state index contributed by atoms with van der Waals surface area (Å²) in [6.45, 7) is 0. The van der Waals surface area contributed by atoms with Gasteiger partial charge in [-0.05, 0) is 33.7 Å². The average Bonchev–Trinajstić information content (AvgIpc) is 2.40. The molecule has 0 aliphatic rings. The van der Waals surface area contributed by atoms with Crippen LogP contribution >= 0.6 is 0 Å². The number of phenols is 2. The normalized spacial score (nSPS) is 10.6. The molecular weight excluding hydrogens is 270 g/mol. The van der Waals surface area contributed by atoms with Gasteiger partial charge in [0.05, 0.1) is 0 Å². The fourth-order valence-electron chi connectivity index (χ4n) is 2.78. The summed E-state index contributed by atoms with van der Waals surface area (Å²) >= 11 is 0. The van der Waals surface area contributed by atoms with Crippen LogP contribution in [-0.4, -0.2) is 69.3 Å². The van der Waals surface area contributed by atoms with Crippen molar-refractivity contribution in [2.24, 2.45) is 0 Å². The zero-order valence-corrected chi connectivity index (χ0v) is 9.51. The zero-order chi connectivity index (χ0) is 12.3. The first kappa shape index (κ1) is 15.9. The molecule has 90 valence electrons. The van der Waals surface area contributed by atoms with Crippen molar-refractivity contribution in [2.45, 2.75) is 0 Å². The quantitative estimate of drug-likeness (QED) is 0.296. The van der Waals surface area contributed by atoms with Gasteiger partial charge >= 0.3 is 59.1 Å². The standard InChI is InChI=1S/C16H10O2.2Na.2H/c17-13-8-11-5-4-9-2-1-3-10-6-7-12(16(13)18)15(11)14(9)10;;;;/h1-8,17-18H;;;;. The van der Waals surface area contributed by atoms with E-state index in [2.05, 4.69) is 12.1 Å². The minimum absolute atomic E-state index is 0. The molecule has 0 saturated heterocycles. The van der Waals surface area contributed by atoms with Crippen LogP contribution in [0.4, 0.5) is 0 Å². The summed E-state index contributed by atoms with van der Waals surface area (Å²) in [5, 5.41) is 25.8. The van der Waals surface area contributed by atoms with E-state index in [9.17, 15) is 10.2 Å². The monoisotopic (exact) mass is 282 g/mol. The second-order valence-electron chi connectivity index (χ2n) is 4.60. The molecule has 2 nitrogen and oxygen atoms in total. The van der Waals surface area contributed by atoms with Crippen molar-refractivity contribution < 1.29 is 10.2 Å². The molecule has 0 spiro atoms. The molecule has 0 atom stereocenters. The fraction of sp³-hybridized carbons (Fsp3) is 0. The van der Waals surface area contributed by atoms with Crippen LogP contribution in [0.5, 0.6) is 11.5 Å². The Labute approximate surface area is 160 Å². The molecular formula is C16H12Na2O2. The van der Waals surface area contributed by atoms with E-state index in [4.69, 9.17) is 0 Å². The van der Waals surface area contributed by atoms with Crippen molar-refractivity contribution >= 4 is 91.4 Å². The molecule has 0 aromatic heterocycles. The molecule has 0 bridgehead atoms. The number of phenolic OH excluding ortho intramolecular Hbond substituents is 2. The second kappa shape index (κ2) is 5.72. The van der Waals surface area contributed by atoms with Gasteiger partial charge in [0.2, 0.25) is 0 Å². The summed E-state index contributed by atoms with van der Waals surface area (Å²) < 4.78 is 0. The van der Waals surface area contributed by atoms with Crippen LogP contribution < -0.4 is 0 Å². The molecule has 4 aromatic carbocycles.